The topological polar surface area (TPSA) is 200 Å². The lowest BCUT2D eigenvalue weighted by Gasteiger charge is -2.34. The normalized spacial score (nSPS) is 14.9. The second-order valence-corrected chi connectivity index (χ2v) is 11.7. The van der Waals surface area contributed by atoms with E-state index in [1.807, 2.05) is 16.7 Å². The second-order valence-electron chi connectivity index (χ2n) is 11.7. The lowest BCUT2D eigenvalue weighted by atomic mass is 10.1. The number of carbonyl (C=O) groups is 3. The number of nitrogens with two attached hydrogens (primary N) is 1. The number of nitrogens with one attached hydrogen (secondary N) is 1. The lowest BCUT2D eigenvalue weighted by molar-refractivity contribution is -0.136. The number of carboxylic acid groups (broad SMARTS) is 1. The van der Waals surface area contributed by atoms with Crippen LogP contribution in [0.4, 0.5) is 21.0 Å². The molecule has 1 saturated heterocycles. The number of carboxylic acids is 1. The average Bonchev–Trinajstić information content (AvgIpc) is 3.11. The fourth-order valence-corrected chi connectivity index (χ4v) is 5.79. The van der Waals surface area contributed by atoms with Crippen molar-refractivity contribution in [3.05, 3.63) is 65.3 Å². The number of aliphatic carboxylic acids is 1. The molecule has 0 aliphatic carbocycles. The highest BCUT2D eigenvalue weighted by Gasteiger charge is 2.24. The van der Waals surface area contributed by atoms with Crippen LogP contribution in [0, 0.1) is 5.82 Å². The van der Waals surface area contributed by atoms with E-state index in [1.165, 1.54) is 31.6 Å². The molecule has 0 unspecified atom stereocenters. The summed E-state index contributed by atoms with van der Waals surface area (Å²) in [5.74, 6) is -0.685. The summed E-state index contributed by atoms with van der Waals surface area (Å²) in [5, 5.41) is 13.1. The van der Waals surface area contributed by atoms with Crippen LogP contribution < -0.4 is 30.9 Å². The number of hydrogen-bond acceptors (Lipinski definition) is 12. The predicted molar refractivity (Wildman–Crippen MR) is 178 cm³/mol. The maximum atomic E-state index is 14.2. The van der Waals surface area contributed by atoms with Gasteiger partial charge in [0.15, 0.2) is 11.5 Å². The molecule has 50 heavy (non-hydrogen) atoms. The third-order valence-electron chi connectivity index (χ3n) is 8.33. The van der Waals surface area contributed by atoms with Crippen molar-refractivity contribution in [1.29, 1.82) is 0 Å². The number of methoxy groups -OCH3 is 1. The molecule has 16 nitrogen and oxygen atoms in total. The Bertz CT molecular complexity index is 1980. The monoisotopic (exact) mass is 689 g/mol. The Kier molecular flexibility index (Phi) is 10.3. The van der Waals surface area contributed by atoms with Gasteiger partial charge < -0.3 is 35.3 Å². The quantitative estimate of drug-likeness (QED) is 0.205. The first-order valence-electron chi connectivity index (χ1n) is 16.0. The van der Waals surface area contributed by atoms with Gasteiger partial charge in [-0.2, -0.15) is 4.99 Å². The molecule has 0 atom stereocenters. The summed E-state index contributed by atoms with van der Waals surface area (Å²) in [6, 6.07) is 7.44. The molecule has 2 aromatic carbocycles. The number of rotatable bonds is 10. The molecule has 0 saturated carbocycles. The number of anilines is 2. The zero-order valence-electron chi connectivity index (χ0n) is 27.3. The summed E-state index contributed by atoms with van der Waals surface area (Å²) in [5.41, 5.74) is 6.46. The van der Waals surface area contributed by atoms with Gasteiger partial charge in [-0.25, -0.2) is 24.1 Å². The van der Waals surface area contributed by atoms with E-state index in [0.29, 0.717) is 62.8 Å². The molecule has 2 aliphatic rings. The standard InChI is InChI=1S/C33H36FN9O7/c1-48-28-25(7-6-23-27(28)39-32(43-10-2-8-36-29(23)43)40-30(46)21-18-37-31(35)38-19-21)49-15-3-9-41-11-13-42(14-12-41)33(47)50-22-5-4-20(16-26(44)45)24(34)17-22/h4-7,17-19,36H,2-3,8-16H2,1H3,(H,44,45)(H2,35,37,38). The number of hydrogen-bond donors (Lipinski definition) is 3. The molecule has 4 aromatic rings. The van der Waals surface area contributed by atoms with Gasteiger partial charge in [-0.15, -0.1) is 0 Å². The minimum atomic E-state index is -1.15. The van der Waals surface area contributed by atoms with Crippen LogP contribution >= 0.6 is 0 Å². The van der Waals surface area contributed by atoms with Crippen LogP contribution in [-0.4, -0.2) is 105 Å². The van der Waals surface area contributed by atoms with Gasteiger partial charge in [-0.1, -0.05) is 6.07 Å². The number of carbonyl (C=O) groups excluding carboxylic acids is 2. The van der Waals surface area contributed by atoms with Gasteiger partial charge in [0.1, 0.15) is 22.9 Å². The SMILES string of the molecule is COc1c(OCCCN2CCN(C(=O)Oc3ccc(CC(=O)O)c(F)c3)CC2)ccc2c3n(c(=NC(=O)c4cnc(N)nc4)nc12)CCCN3. The van der Waals surface area contributed by atoms with Crippen molar-refractivity contribution in [2.45, 2.75) is 25.8 Å². The van der Waals surface area contributed by atoms with Gasteiger partial charge in [0.25, 0.3) is 5.91 Å². The van der Waals surface area contributed by atoms with E-state index in [1.54, 1.807) is 4.90 Å². The molecule has 2 aromatic heterocycles. The first-order chi connectivity index (χ1) is 24.2. The maximum Gasteiger partial charge on any atom is 0.415 e. The number of ether oxygens (including phenoxy) is 3. The molecule has 0 radical (unpaired) electrons. The van der Waals surface area contributed by atoms with Crippen molar-refractivity contribution in [3.8, 4) is 17.2 Å². The van der Waals surface area contributed by atoms with Crippen molar-refractivity contribution in [2.75, 3.05) is 64.0 Å². The van der Waals surface area contributed by atoms with Crippen LogP contribution in [0.25, 0.3) is 10.9 Å². The van der Waals surface area contributed by atoms with Crippen LogP contribution in [0.3, 0.4) is 0 Å². The van der Waals surface area contributed by atoms with Gasteiger partial charge in [-0.05, 0) is 36.6 Å². The number of aromatic nitrogens is 4. The van der Waals surface area contributed by atoms with Gasteiger partial charge in [-0.3, -0.25) is 19.1 Å². The number of nitrogens with zero attached hydrogens (tertiary/aromatic N) is 7. The van der Waals surface area contributed by atoms with Crippen molar-refractivity contribution in [1.82, 2.24) is 29.3 Å². The van der Waals surface area contributed by atoms with E-state index in [2.05, 4.69) is 25.2 Å². The number of halogens is 1. The Morgan fingerprint density at radius 1 is 1.08 bits per heavy atom. The molecule has 0 spiro atoms. The van der Waals surface area contributed by atoms with E-state index < -0.39 is 30.2 Å². The Labute approximate surface area is 285 Å². The third kappa shape index (κ3) is 7.72. The predicted octanol–water partition coefficient (Wildman–Crippen LogP) is 2.33. The van der Waals surface area contributed by atoms with Crippen molar-refractivity contribution in [2.24, 2.45) is 4.99 Å². The van der Waals surface area contributed by atoms with Gasteiger partial charge >= 0.3 is 12.1 Å². The largest absolute Gasteiger partial charge is 0.491 e. The fraction of sp³-hybridized carbons (Fsp3) is 0.364. The maximum absolute atomic E-state index is 14.2. The highest BCUT2D eigenvalue weighted by atomic mass is 19.1. The highest BCUT2D eigenvalue weighted by molar-refractivity contribution is 5.96. The van der Waals surface area contributed by atoms with Crippen LogP contribution in [0.1, 0.15) is 28.8 Å². The molecule has 4 heterocycles. The molecule has 0 bridgehead atoms. The highest BCUT2D eigenvalue weighted by Crippen LogP contribution is 2.37. The first kappa shape index (κ1) is 34.0. The molecule has 1 fully saturated rings. The van der Waals surface area contributed by atoms with Gasteiger partial charge in [0, 0.05) is 69.7 Å². The van der Waals surface area contributed by atoms with Crippen molar-refractivity contribution in [3.63, 3.8) is 0 Å². The number of benzene rings is 2. The Morgan fingerprint density at radius 2 is 1.86 bits per heavy atom. The van der Waals surface area contributed by atoms with Crippen molar-refractivity contribution >= 4 is 40.6 Å². The smallest absolute Gasteiger partial charge is 0.415 e. The minimum absolute atomic E-state index is 0.0148. The molecular formula is C33H36FN9O7. The summed E-state index contributed by atoms with van der Waals surface area (Å²) in [6.45, 7) is 4.58. The first-order valence-corrected chi connectivity index (χ1v) is 16.0. The zero-order chi connectivity index (χ0) is 35.2. The summed E-state index contributed by atoms with van der Waals surface area (Å²) >= 11 is 0. The van der Waals surface area contributed by atoms with Crippen LogP contribution in [0.2, 0.25) is 0 Å². The zero-order valence-corrected chi connectivity index (χ0v) is 27.3. The Balaban J connectivity index is 1.06. The molecule has 2 amide bonds. The number of nitrogen functional groups attached to an aromatic ring is 1. The third-order valence-corrected chi connectivity index (χ3v) is 8.33. The molecule has 4 N–H and O–H groups in total. The van der Waals surface area contributed by atoms with Crippen molar-refractivity contribution < 1.29 is 38.1 Å². The number of piperazine rings is 1. The number of amides is 2. The second kappa shape index (κ2) is 15.1. The van der Waals surface area contributed by atoms with E-state index >= 15 is 0 Å². The van der Waals surface area contributed by atoms with E-state index in [4.69, 9.17) is 30.0 Å². The van der Waals surface area contributed by atoms with Crippen LogP contribution in [-0.2, 0) is 17.8 Å². The van der Waals surface area contributed by atoms with E-state index in [9.17, 15) is 18.8 Å². The summed E-state index contributed by atoms with van der Waals surface area (Å²) < 4.78 is 33.3. The minimum Gasteiger partial charge on any atom is -0.491 e. The van der Waals surface area contributed by atoms with Crippen LogP contribution in [0.15, 0.2) is 47.7 Å². The van der Waals surface area contributed by atoms with E-state index in [0.717, 1.165) is 36.8 Å². The summed E-state index contributed by atoms with van der Waals surface area (Å²) in [6.07, 6.45) is 3.12. The lowest BCUT2D eigenvalue weighted by Crippen LogP contribution is -2.49. The summed E-state index contributed by atoms with van der Waals surface area (Å²) in [4.78, 5) is 57.0. The molecule has 262 valence electrons. The average molecular weight is 690 g/mol. The van der Waals surface area contributed by atoms with Gasteiger partial charge in [0.2, 0.25) is 11.6 Å². The van der Waals surface area contributed by atoms with E-state index in [-0.39, 0.29) is 28.4 Å². The Morgan fingerprint density at radius 3 is 2.58 bits per heavy atom. The molecule has 17 heteroatoms. The Hall–Kier alpha value is -5.84. The molecule has 2 aliphatic heterocycles. The van der Waals surface area contributed by atoms with Gasteiger partial charge in [0.05, 0.1) is 25.7 Å². The van der Waals surface area contributed by atoms with Crippen LogP contribution in [0.5, 0.6) is 17.2 Å². The number of fused-ring (bicyclic) bond motifs is 3. The molecule has 6 rings (SSSR count). The molecular weight excluding hydrogens is 653 g/mol. The summed E-state index contributed by atoms with van der Waals surface area (Å²) in [7, 11) is 1.53. The fourth-order valence-electron chi connectivity index (χ4n) is 5.79.